The first kappa shape index (κ1) is 26.3. The molecule has 206 valence electrons. The summed E-state index contributed by atoms with van der Waals surface area (Å²) in [5, 5.41) is 6.54. The van der Waals surface area contributed by atoms with Crippen molar-refractivity contribution >= 4 is 56.0 Å². The number of aryl methyl sites for hydroxylation is 1. The molecule has 1 fully saturated rings. The van der Waals surface area contributed by atoms with Crippen LogP contribution < -0.4 is 11.1 Å². The van der Waals surface area contributed by atoms with Crippen molar-refractivity contribution in [2.75, 3.05) is 5.32 Å². The number of nitrogens with zero attached hydrogens (tertiary/aromatic N) is 4. The van der Waals surface area contributed by atoms with E-state index in [0.29, 0.717) is 27.8 Å². The first-order valence-electron chi connectivity index (χ1n) is 11.8. The summed E-state index contributed by atoms with van der Waals surface area (Å²) in [6.45, 7) is 1.83. The number of hydrogen-bond donors (Lipinski definition) is 2. The average Bonchev–Trinajstić information content (AvgIpc) is 3.33. The number of fused-ring (bicyclic) bond motifs is 2. The molecule has 40 heavy (non-hydrogen) atoms. The quantitative estimate of drug-likeness (QED) is 0.217. The Morgan fingerprint density at radius 3 is 2.50 bits per heavy atom. The molecule has 0 aliphatic heterocycles. The first-order chi connectivity index (χ1) is 18.9. The van der Waals surface area contributed by atoms with E-state index >= 15 is 0 Å². The lowest BCUT2D eigenvalue weighted by atomic mass is 10.1. The molecule has 3 N–H and O–H groups in total. The van der Waals surface area contributed by atoms with Gasteiger partial charge in [-0.3, -0.25) is 9.59 Å². The normalized spacial score (nSPS) is 14.0. The van der Waals surface area contributed by atoms with Crippen molar-refractivity contribution in [1.29, 1.82) is 0 Å². The summed E-state index contributed by atoms with van der Waals surface area (Å²) in [7, 11) is 0. The van der Waals surface area contributed by atoms with Crippen LogP contribution in [-0.2, 0) is 6.18 Å². The molecular formula is C25H17F5N6O2S2. The van der Waals surface area contributed by atoms with Crippen molar-refractivity contribution in [2.45, 2.75) is 38.3 Å². The molecule has 0 atom stereocenters. The molecule has 1 saturated carbocycles. The molecule has 1 aliphatic carbocycles. The lowest BCUT2D eigenvalue weighted by Gasteiger charge is -2.12. The predicted octanol–water partition coefficient (Wildman–Crippen LogP) is 6.56. The zero-order chi connectivity index (χ0) is 28.5. The van der Waals surface area contributed by atoms with Gasteiger partial charge in [0.25, 0.3) is 18.2 Å². The number of alkyl halides is 5. The smallest absolute Gasteiger partial charge is 0.365 e. The standard InChI is InChI=1S/C25H17F5N6O2S2/c1-9-2-5-15(39-9)11-6-14(20(26)27)34-24-17(11)18(19(40-24)21(31)37)35-23(38)12-8-32-36-16(25(28,29)30)7-13(10-3-4-10)33-22(12)36/h2,5-8,10,20H,3-4H2,1H3,(H2,31,37)(H,35,38). The maximum Gasteiger partial charge on any atom is 0.433 e. The first-order valence-corrected chi connectivity index (χ1v) is 13.4. The fourth-order valence-corrected chi connectivity index (χ4v) is 6.31. The Morgan fingerprint density at radius 2 is 1.90 bits per heavy atom. The molecule has 15 heteroatoms. The van der Waals surface area contributed by atoms with Gasteiger partial charge in [-0.15, -0.1) is 22.7 Å². The van der Waals surface area contributed by atoms with Crippen LogP contribution in [0.15, 0.2) is 30.5 Å². The van der Waals surface area contributed by atoms with Crippen LogP contribution >= 0.6 is 22.7 Å². The van der Waals surface area contributed by atoms with Crippen LogP contribution in [0.5, 0.6) is 0 Å². The van der Waals surface area contributed by atoms with Crippen LogP contribution in [0.25, 0.3) is 26.3 Å². The maximum absolute atomic E-state index is 13.8. The van der Waals surface area contributed by atoms with Gasteiger partial charge >= 0.3 is 6.18 Å². The SMILES string of the molecule is Cc1ccc(-c2cc(C(F)F)nc3sc(C(N)=O)c(NC(=O)c4cnn5c(C(F)(F)F)cc(C6CC6)nc45)c23)s1. The number of nitrogens with two attached hydrogens (primary N) is 1. The summed E-state index contributed by atoms with van der Waals surface area (Å²) in [5.74, 6) is -2.00. The number of anilines is 1. The molecule has 2 amide bonds. The number of pyridine rings is 1. The van der Waals surface area contributed by atoms with Crippen molar-refractivity contribution in [3.8, 4) is 10.4 Å². The van der Waals surface area contributed by atoms with Crippen LogP contribution in [0.1, 0.15) is 67.2 Å². The minimum Gasteiger partial charge on any atom is -0.365 e. The number of thiophene rings is 2. The van der Waals surface area contributed by atoms with Gasteiger partial charge < -0.3 is 11.1 Å². The third kappa shape index (κ3) is 4.48. The van der Waals surface area contributed by atoms with Crippen molar-refractivity contribution in [3.05, 3.63) is 62.9 Å². The van der Waals surface area contributed by atoms with E-state index in [-0.39, 0.29) is 43.6 Å². The summed E-state index contributed by atoms with van der Waals surface area (Å²) < 4.78 is 69.4. The van der Waals surface area contributed by atoms with E-state index in [0.717, 1.165) is 28.5 Å². The Labute approximate surface area is 229 Å². The van der Waals surface area contributed by atoms with Gasteiger partial charge in [-0.05, 0) is 44.0 Å². The van der Waals surface area contributed by atoms with Crippen LogP contribution in [-0.4, -0.2) is 31.4 Å². The van der Waals surface area contributed by atoms with Gasteiger partial charge in [-0.25, -0.2) is 23.3 Å². The lowest BCUT2D eigenvalue weighted by Crippen LogP contribution is -2.18. The second kappa shape index (κ2) is 9.30. The van der Waals surface area contributed by atoms with E-state index in [1.54, 1.807) is 12.1 Å². The van der Waals surface area contributed by atoms with Crippen molar-refractivity contribution in [3.63, 3.8) is 0 Å². The lowest BCUT2D eigenvalue weighted by molar-refractivity contribution is -0.142. The second-order valence-electron chi connectivity index (χ2n) is 9.24. The molecule has 5 aromatic rings. The van der Waals surface area contributed by atoms with Crippen LogP contribution in [0.3, 0.4) is 0 Å². The highest BCUT2D eigenvalue weighted by Gasteiger charge is 2.38. The minimum absolute atomic E-state index is 0.0383. The number of carbonyl (C=O) groups is 2. The molecule has 0 spiro atoms. The summed E-state index contributed by atoms with van der Waals surface area (Å²) in [6, 6.07) is 5.61. The largest absolute Gasteiger partial charge is 0.433 e. The molecule has 1 aliphatic rings. The summed E-state index contributed by atoms with van der Waals surface area (Å²) in [5.41, 5.74) is 3.82. The van der Waals surface area contributed by atoms with E-state index < -0.39 is 35.8 Å². The highest BCUT2D eigenvalue weighted by Crippen LogP contribution is 2.45. The Morgan fingerprint density at radius 1 is 1.15 bits per heavy atom. The highest BCUT2D eigenvalue weighted by molar-refractivity contribution is 7.21. The van der Waals surface area contributed by atoms with Crippen LogP contribution in [0, 0.1) is 6.92 Å². The molecule has 0 radical (unpaired) electrons. The molecule has 5 aromatic heterocycles. The Kier molecular flexibility index (Phi) is 6.10. The second-order valence-corrected chi connectivity index (χ2v) is 11.5. The fourth-order valence-electron chi connectivity index (χ4n) is 4.41. The molecule has 5 heterocycles. The Balaban J connectivity index is 1.52. The van der Waals surface area contributed by atoms with Crippen molar-refractivity contribution < 1.29 is 31.5 Å². The zero-order valence-corrected chi connectivity index (χ0v) is 22.0. The minimum atomic E-state index is -4.75. The number of aromatic nitrogens is 4. The van der Waals surface area contributed by atoms with E-state index in [9.17, 15) is 31.5 Å². The molecular weight excluding hydrogens is 575 g/mol. The zero-order valence-electron chi connectivity index (χ0n) is 20.3. The average molecular weight is 593 g/mol. The maximum atomic E-state index is 13.8. The molecule has 8 nitrogen and oxygen atoms in total. The van der Waals surface area contributed by atoms with Crippen molar-refractivity contribution in [2.24, 2.45) is 5.73 Å². The van der Waals surface area contributed by atoms with Gasteiger partial charge in [0.15, 0.2) is 5.65 Å². The Bertz CT molecular complexity index is 1840. The highest BCUT2D eigenvalue weighted by atomic mass is 32.1. The number of amides is 2. The van der Waals surface area contributed by atoms with Crippen LogP contribution in [0.4, 0.5) is 27.6 Å². The number of rotatable bonds is 6. The number of halogens is 5. The van der Waals surface area contributed by atoms with E-state index in [2.05, 4.69) is 20.4 Å². The van der Waals surface area contributed by atoms with Gasteiger partial charge in [0.05, 0.1) is 11.9 Å². The predicted molar refractivity (Wildman–Crippen MR) is 139 cm³/mol. The van der Waals surface area contributed by atoms with E-state index in [1.807, 2.05) is 6.92 Å². The van der Waals surface area contributed by atoms with E-state index in [1.165, 1.54) is 17.4 Å². The fraction of sp³-hybridized carbons (Fsp3) is 0.240. The molecule has 0 bridgehead atoms. The summed E-state index contributed by atoms with van der Waals surface area (Å²) in [4.78, 5) is 35.5. The Hall–Kier alpha value is -3.98. The van der Waals surface area contributed by atoms with Crippen molar-refractivity contribution in [1.82, 2.24) is 19.6 Å². The summed E-state index contributed by atoms with van der Waals surface area (Å²) >= 11 is 2.04. The van der Waals surface area contributed by atoms with Gasteiger partial charge in [-0.1, -0.05) is 0 Å². The number of carbonyl (C=O) groups excluding carboxylic acids is 2. The molecule has 0 saturated heterocycles. The third-order valence-electron chi connectivity index (χ3n) is 6.40. The van der Waals surface area contributed by atoms with Gasteiger partial charge in [0.2, 0.25) is 0 Å². The monoisotopic (exact) mass is 592 g/mol. The van der Waals surface area contributed by atoms with Crippen LogP contribution in [0.2, 0.25) is 0 Å². The van der Waals surface area contributed by atoms with Gasteiger partial charge in [0, 0.05) is 32.3 Å². The van der Waals surface area contributed by atoms with Gasteiger partial charge in [0.1, 0.15) is 26.7 Å². The topological polar surface area (TPSA) is 115 Å². The third-order valence-corrected chi connectivity index (χ3v) is 8.53. The molecule has 6 rings (SSSR count). The molecule has 0 aromatic carbocycles. The number of primary amides is 1. The number of hydrogen-bond acceptors (Lipinski definition) is 7. The number of nitrogens with one attached hydrogen (secondary N) is 1. The molecule has 0 unspecified atom stereocenters. The summed E-state index contributed by atoms with van der Waals surface area (Å²) in [6.07, 6.45) is -5.35. The van der Waals surface area contributed by atoms with E-state index in [4.69, 9.17) is 5.73 Å². The van der Waals surface area contributed by atoms with Gasteiger partial charge in [-0.2, -0.15) is 18.3 Å².